The van der Waals surface area contributed by atoms with Crippen LogP contribution in [0.4, 0.5) is 0 Å². The van der Waals surface area contributed by atoms with E-state index in [0.717, 1.165) is 0 Å². The van der Waals surface area contributed by atoms with Crippen LogP contribution in [0.25, 0.3) is 0 Å². The molecule has 0 aliphatic rings. The first-order valence-corrected chi connectivity index (χ1v) is 9.87. The lowest BCUT2D eigenvalue weighted by atomic mass is 11.0. The normalized spacial score (nSPS) is 13.4. The second-order valence-corrected chi connectivity index (χ2v) is 11.7. The van der Waals surface area contributed by atoms with Crippen LogP contribution in [0, 0.1) is 0 Å². The summed E-state index contributed by atoms with van der Waals surface area (Å²) in [6.07, 6.45) is 0. The standard InChI is InChI=1S/C6H16NO4PS3/c1-7(2)15(8,9)6-5-14-12(13,10-3)11-4/h5-6H2,1-4H3. The Balaban J connectivity index is 4.16. The van der Waals surface area contributed by atoms with Crippen molar-refractivity contribution < 1.29 is 17.5 Å². The SMILES string of the molecule is COP(=S)(OC)SCCS(=O)(=O)N(C)C. The summed E-state index contributed by atoms with van der Waals surface area (Å²) >= 11 is 6.32. The highest BCUT2D eigenvalue weighted by molar-refractivity contribution is 8.67. The van der Waals surface area contributed by atoms with Gasteiger partial charge in [0.15, 0.2) is 0 Å². The molecule has 0 saturated heterocycles. The van der Waals surface area contributed by atoms with Crippen molar-refractivity contribution in [2.45, 2.75) is 0 Å². The number of hydrogen-bond acceptors (Lipinski definition) is 6. The Morgan fingerprint density at radius 1 is 1.33 bits per heavy atom. The van der Waals surface area contributed by atoms with E-state index in [0.29, 0.717) is 5.75 Å². The molecule has 0 aromatic carbocycles. The topological polar surface area (TPSA) is 55.8 Å². The van der Waals surface area contributed by atoms with E-state index in [4.69, 9.17) is 20.9 Å². The largest absolute Gasteiger partial charge is 0.325 e. The number of hydrogen-bond donors (Lipinski definition) is 0. The number of nitrogens with zero attached hydrogens (tertiary/aromatic N) is 1. The maximum Gasteiger partial charge on any atom is 0.246 e. The van der Waals surface area contributed by atoms with E-state index in [1.165, 1.54) is 44.0 Å². The van der Waals surface area contributed by atoms with Gasteiger partial charge in [-0.05, 0) is 11.8 Å². The minimum Gasteiger partial charge on any atom is -0.325 e. The minimum atomic E-state index is -3.16. The van der Waals surface area contributed by atoms with Crippen molar-refractivity contribution in [2.24, 2.45) is 0 Å². The molecule has 0 aliphatic heterocycles. The Bertz CT molecular complexity index is 321. The summed E-state index contributed by atoms with van der Waals surface area (Å²) in [5, 5.41) is 0. The molecule has 0 spiro atoms. The Hall–Kier alpha value is 0.830. The van der Waals surface area contributed by atoms with E-state index < -0.39 is 15.7 Å². The molecule has 0 rings (SSSR count). The molecule has 0 amide bonds. The quantitative estimate of drug-likeness (QED) is 0.656. The van der Waals surface area contributed by atoms with Crippen LogP contribution in [0.3, 0.4) is 0 Å². The van der Waals surface area contributed by atoms with Crippen LogP contribution in [-0.4, -0.2) is 52.5 Å². The third-order valence-electron chi connectivity index (χ3n) is 1.59. The Kier molecular flexibility index (Phi) is 6.90. The van der Waals surface area contributed by atoms with E-state index in [1.807, 2.05) is 0 Å². The van der Waals surface area contributed by atoms with Crippen LogP contribution < -0.4 is 0 Å². The highest BCUT2D eigenvalue weighted by Crippen LogP contribution is 2.59. The summed E-state index contributed by atoms with van der Waals surface area (Å²) in [7, 11) is 2.78. The van der Waals surface area contributed by atoms with Crippen molar-refractivity contribution in [1.29, 1.82) is 0 Å². The predicted molar refractivity (Wildman–Crippen MR) is 68.2 cm³/mol. The Morgan fingerprint density at radius 2 is 1.80 bits per heavy atom. The second-order valence-electron chi connectivity index (χ2n) is 2.74. The second kappa shape index (κ2) is 6.54. The molecular formula is C6H16NO4PS3. The molecule has 0 aliphatic carbocycles. The summed E-state index contributed by atoms with van der Waals surface area (Å²) < 4.78 is 34.0. The van der Waals surface area contributed by atoms with Crippen LogP contribution in [-0.2, 0) is 30.9 Å². The smallest absolute Gasteiger partial charge is 0.246 e. The monoisotopic (exact) mass is 293 g/mol. The van der Waals surface area contributed by atoms with Crippen molar-refractivity contribution >= 4 is 38.9 Å². The Morgan fingerprint density at radius 3 is 2.13 bits per heavy atom. The van der Waals surface area contributed by atoms with Gasteiger partial charge in [-0.1, -0.05) is 11.4 Å². The lowest BCUT2D eigenvalue weighted by molar-refractivity contribution is 0.354. The first-order valence-electron chi connectivity index (χ1n) is 4.03. The van der Waals surface area contributed by atoms with Gasteiger partial charge in [0.2, 0.25) is 15.7 Å². The van der Waals surface area contributed by atoms with E-state index in [2.05, 4.69) is 0 Å². The molecule has 15 heavy (non-hydrogen) atoms. The molecule has 0 radical (unpaired) electrons. The van der Waals surface area contributed by atoms with Gasteiger partial charge in [0.25, 0.3) is 0 Å². The summed E-state index contributed by atoms with van der Waals surface area (Å²) in [6, 6.07) is 0. The van der Waals surface area contributed by atoms with Crippen LogP contribution in [0.2, 0.25) is 0 Å². The third-order valence-corrected chi connectivity index (χ3v) is 9.52. The van der Waals surface area contributed by atoms with Gasteiger partial charge in [0.1, 0.15) is 0 Å². The van der Waals surface area contributed by atoms with Gasteiger partial charge in [-0.2, -0.15) is 0 Å². The maximum atomic E-state index is 11.4. The zero-order valence-electron chi connectivity index (χ0n) is 9.17. The third kappa shape index (κ3) is 5.63. The zero-order chi connectivity index (χ0) is 12.1. The first-order chi connectivity index (χ1) is 6.77. The maximum absolute atomic E-state index is 11.4. The van der Waals surface area contributed by atoms with Gasteiger partial charge in [-0.3, -0.25) is 0 Å². The van der Waals surface area contributed by atoms with Crippen LogP contribution in [0.5, 0.6) is 0 Å². The van der Waals surface area contributed by atoms with Crippen LogP contribution >= 0.6 is 17.1 Å². The van der Waals surface area contributed by atoms with Gasteiger partial charge in [0, 0.05) is 34.1 Å². The lowest BCUT2D eigenvalue weighted by Crippen LogP contribution is -2.26. The fraction of sp³-hybridized carbons (Fsp3) is 1.00. The first kappa shape index (κ1) is 15.8. The lowest BCUT2D eigenvalue weighted by Gasteiger charge is -2.17. The molecule has 0 aromatic heterocycles. The van der Waals surface area contributed by atoms with Gasteiger partial charge in [-0.15, -0.1) is 0 Å². The van der Waals surface area contributed by atoms with E-state index in [1.54, 1.807) is 0 Å². The highest BCUT2D eigenvalue weighted by atomic mass is 32.9. The molecule has 0 atom stereocenters. The fourth-order valence-corrected chi connectivity index (χ4v) is 5.35. The van der Waals surface area contributed by atoms with Gasteiger partial charge in [-0.25, -0.2) is 12.7 Å². The van der Waals surface area contributed by atoms with Crippen molar-refractivity contribution in [2.75, 3.05) is 39.8 Å². The van der Waals surface area contributed by atoms with Crippen LogP contribution in [0.15, 0.2) is 0 Å². The van der Waals surface area contributed by atoms with Crippen molar-refractivity contribution in [1.82, 2.24) is 4.31 Å². The van der Waals surface area contributed by atoms with E-state index in [9.17, 15) is 8.42 Å². The molecule has 5 nitrogen and oxygen atoms in total. The predicted octanol–water partition coefficient (Wildman–Crippen LogP) is 1.13. The zero-order valence-corrected chi connectivity index (χ0v) is 12.5. The van der Waals surface area contributed by atoms with Crippen molar-refractivity contribution in [3.8, 4) is 0 Å². The highest BCUT2D eigenvalue weighted by Gasteiger charge is 2.19. The van der Waals surface area contributed by atoms with Gasteiger partial charge >= 0.3 is 0 Å². The summed E-state index contributed by atoms with van der Waals surface area (Å²) in [4.78, 5) is 0. The van der Waals surface area contributed by atoms with Crippen molar-refractivity contribution in [3.63, 3.8) is 0 Å². The summed E-state index contributed by atoms with van der Waals surface area (Å²) in [5.41, 5.74) is -2.33. The van der Waals surface area contributed by atoms with Gasteiger partial charge < -0.3 is 9.05 Å². The molecule has 0 unspecified atom stereocenters. The molecular weight excluding hydrogens is 277 g/mol. The van der Waals surface area contributed by atoms with E-state index in [-0.39, 0.29) is 5.75 Å². The average molecular weight is 293 g/mol. The molecule has 92 valence electrons. The number of rotatable bonds is 7. The van der Waals surface area contributed by atoms with Crippen LogP contribution in [0.1, 0.15) is 0 Å². The molecule has 0 N–H and O–H groups in total. The summed E-state index contributed by atoms with van der Waals surface area (Å²) in [6.45, 7) is 0. The van der Waals surface area contributed by atoms with Crippen molar-refractivity contribution in [3.05, 3.63) is 0 Å². The molecule has 0 saturated carbocycles. The average Bonchev–Trinajstić information content (AvgIpc) is 2.17. The molecule has 0 heterocycles. The van der Waals surface area contributed by atoms with Gasteiger partial charge in [0.05, 0.1) is 5.75 Å². The minimum absolute atomic E-state index is 0.0375. The fourth-order valence-electron chi connectivity index (χ4n) is 0.617. The number of sulfonamides is 1. The molecule has 0 fully saturated rings. The van der Waals surface area contributed by atoms with E-state index >= 15 is 0 Å². The molecule has 0 bridgehead atoms. The summed E-state index contributed by atoms with van der Waals surface area (Å²) in [5.74, 6) is 0.412. The molecule has 9 heteroatoms. The Labute approximate surface area is 100 Å². The molecule has 0 aromatic rings.